The molecule has 6 nitrogen and oxygen atoms in total. The third-order valence-electron chi connectivity index (χ3n) is 18.3. The number of anilines is 4. The van der Waals surface area contributed by atoms with E-state index in [2.05, 4.69) is 246 Å². The maximum atomic E-state index is 9.49. The van der Waals surface area contributed by atoms with Gasteiger partial charge in [-0.05, 0) is 132 Å². The summed E-state index contributed by atoms with van der Waals surface area (Å²) in [6, 6.07) is 58.7. The molecule has 0 fully saturated rings. The number of para-hydroxylation sites is 4. The Morgan fingerprint density at radius 2 is 1.16 bits per heavy atom. The molecule has 0 aliphatic carbocycles. The van der Waals surface area contributed by atoms with Gasteiger partial charge in [0.2, 0.25) is 0 Å². The minimum Gasteiger partial charge on any atom is -0.509 e. The Hall–Kier alpha value is -8.18. The molecule has 0 radical (unpaired) electrons. The molecule has 1 aliphatic rings. The molecule has 7 heteroatoms. The van der Waals surface area contributed by atoms with Crippen LogP contribution in [0, 0.1) is 18.8 Å². The van der Waals surface area contributed by atoms with Crippen LogP contribution in [0.5, 0.6) is 11.5 Å². The summed E-state index contributed by atoms with van der Waals surface area (Å²) < 4.78 is 61.9. The summed E-state index contributed by atoms with van der Waals surface area (Å²) in [5.41, 5.74) is 15.6. The van der Waals surface area contributed by atoms with E-state index in [4.69, 9.17) is 18.3 Å². The molecule has 13 rings (SSSR count). The molecule has 0 atom stereocenters. The number of pyridine rings is 1. The van der Waals surface area contributed by atoms with Crippen LogP contribution in [-0.4, -0.2) is 9.55 Å². The van der Waals surface area contributed by atoms with Gasteiger partial charge >= 0.3 is 0 Å². The monoisotopic (exact) mass is 1350 g/mol. The van der Waals surface area contributed by atoms with Crippen LogP contribution in [0.15, 0.2) is 192 Å². The van der Waals surface area contributed by atoms with Crippen molar-refractivity contribution < 1.29 is 37.1 Å². The number of rotatable bonds is 11. The maximum Gasteiger partial charge on any atom is 0.135 e. The van der Waals surface area contributed by atoms with E-state index >= 15 is 0 Å². The van der Waals surface area contributed by atoms with Crippen molar-refractivity contribution in [3.05, 3.63) is 235 Å². The predicted octanol–water partition coefficient (Wildman–Crippen LogP) is 23.1. The van der Waals surface area contributed by atoms with Gasteiger partial charge in [-0.1, -0.05) is 230 Å². The third-order valence-corrected chi connectivity index (χ3v) is 18.3. The Balaban J connectivity index is 0.00000848. The van der Waals surface area contributed by atoms with Gasteiger partial charge in [0.15, 0.2) is 0 Å². The molecule has 454 valence electrons. The summed E-state index contributed by atoms with van der Waals surface area (Å²) >= 11 is 0. The summed E-state index contributed by atoms with van der Waals surface area (Å²) in [4.78, 5) is 9.37. The molecule has 0 spiro atoms. The molecular weight excluding hydrogens is 1270 g/mol. The number of ether oxygens (including phenoxy) is 1. The molecule has 0 N–H and O–H groups in total. The van der Waals surface area contributed by atoms with E-state index in [0.29, 0.717) is 28.4 Å². The van der Waals surface area contributed by atoms with E-state index in [9.17, 15) is 2.74 Å². The van der Waals surface area contributed by atoms with Crippen molar-refractivity contribution in [3.63, 3.8) is 0 Å². The third kappa shape index (κ3) is 11.0. The van der Waals surface area contributed by atoms with E-state index in [0.717, 1.165) is 107 Å². The molecule has 3 aromatic heterocycles. The molecule has 0 saturated carbocycles. The standard InChI is InChI=1S/C82H81N4O2.Pt/c1-16-82(15,17-2)55-41-42-83-73(48-55)86-70-40-39-64-63-29-21-24-36-72(63)88-77(64)75(70)65-38-37-59(50-71(65)86)87-60-46-54(74-66(80(9,10)11)32-26-33-67(74)81(12,13)14)45-58(49-60)84-51-85(69-35-23-22-34-68(69)84)76-61(52-27-19-18-20-28-52)30-25-31-62(76)53-43-56(78(3,4)5)47-57(44-53)79(6,7)8;/h18-48,51H,16-17H2,1-15H3;/q-3;/i18D,19D,20D,27D,28D;. The first-order valence-electron chi connectivity index (χ1n) is 33.6. The Kier molecular flexibility index (Phi) is 14.0. The fourth-order valence-electron chi connectivity index (χ4n) is 12.9. The minimum absolute atomic E-state index is 0. The smallest absolute Gasteiger partial charge is 0.135 e. The molecule has 0 amide bonds. The van der Waals surface area contributed by atoms with E-state index in [1.165, 1.54) is 16.7 Å². The van der Waals surface area contributed by atoms with Crippen molar-refractivity contribution >= 4 is 66.5 Å². The van der Waals surface area contributed by atoms with Gasteiger partial charge in [0.25, 0.3) is 0 Å². The SMILES string of the molecule is [2H]c1c([2H])c([2H])c(-c2cccc(-c3cc(C(C)(C)C)cc(C(C)(C)C)c3)c2N2[CH-]N(c3[c-]c(Oc4[c-]c5c(cc4)c4c6oc7ccccc7c6ccc4n5-c4cc(C(C)(CC)CC)ccn4)cc(-c4c(C(C)(C)C)cccc4C(C)(C)C)c3)c3ccccc32)c([2H])c1[2H].[Pt]. The molecule has 12 aromatic rings. The largest absolute Gasteiger partial charge is 0.509 e. The second kappa shape index (κ2) is 22.7. The zero-order valence-corrected chi connectivity index (χ0v) is 56.2. The van der Waals surface area contributed by atoms with Crippen molar-refractivity contribution in [3.8, 4) is 50.7 Å². The number of hydrogen-bond donors (Lipinski definition) is 0. The number of hydrogen-bond acceptors (Lipinski definition) is 5. The summed E-state index contributed by atoms with van der Waals surface area (Å²) in [5, 5.41) is 3.99. The van der Waals surface area contributed by atoms with E-state index in [1.807, 2.05) is 48.7 Å². The molecular formula is C82H81N4O2Pt-3. The fraction of sp³-hybridized carbons (Fsp3) is 0.268. The van der Waals surface area contributed by atoms with Crippen molar-refractivity contribution in [1.82, 2.24) is 9.55 Å². The van der Waals surface area contributed by atoms with Crippen LogP contribution in [0.2, 0.25) is 0 Å². The van der Waals surface area contributed by atoms with Crippen LogP contribution in [0.1, 0.15) is 151 Å². The predicted molar refractivity (Wildman–Crippen MR) is 371 cm³/mol. The topological polar surface area (TPSA) is 46.7 Å². The molecule has 9 aromatic carbocycles. The summed E-state index contributed by atoms with van der Waals surface area (Å²) in [7, 11) is 0. The van der Waals surface area contributed by atoms with Crippen LogP contribution in [0.3, 0.4) is 0 Å². The van der Waals surface area contributed by atoms with Crippen molar-refractivity contribution in [2.45, 2.75) is 144 Å². The molecule has 0 bridgehead atoms. The number of furan rings is 1. The van der Waals surface area contributed by atoms with Crippen LogP contribution < -0.4 is 14.5 Å². The van der Waals surface area contributed by atoms with Crippen molar-refractivity contribution in [1.29, 1.82) is 0 Å². The van der Waals surface area contributed by atoms with Gasteiger partial charge in [0.1, 0.15) is 17.0 Å². The number of aromatic nitrogens is 2. The van der Waals surface area contributed by atoms with E-state index in [-0.39, 0.29) is 65.8 Å². The van der Waals surface area contributed by atoms with Crippen LogP contribution in [-0.2, 0) is 48.1 Å². The van der Waals surface area contributed by atoms with Gasteiger partial charge < -0.3 is 23.5 Å². The molecule has 1 aliphatic heterocycles. The zero-order valence-electron chi connectivity index (χ0n) is 58.9. The quantitative estimate of drug-likeness (QED) is 0.121. The Morgan fingerprint density at radius 3 is 1.81 bits per heavy atom. The fourth-order valence-corrected chi connectivity index (χ4v) is 12.9. The first-order valence-corrected chi connectivity index (χ1v) is 31.1. The van der Waals surface area contributed by atoms with Crippen LogP contribution >= 0.6 is 0 Å². The van der Waals surface area contributed by atoms with Gasteiger partial charge in [-0.2, -0.15) is 6.07 Å². The zero-order chi connectivity index (χ0) is 66.2. The average molecular weight is 1350 g/mol. The second-order valence-corrected chi connectivity index (χ2v) is 28.3. The first kappa shape index (κ1) is 54.9. The maximum absolute atomic E-state index is 9.49. The molecule has 89 heavy (non-hydrogen) atoms. The number of benzene rings is 9. The number of fused-ring (bicyclic) bond motifs is 8. The van der Waals surface area contributed by atoms with Gasteiger partial charge in [-0.15, -0.1) is 48.3 Å². The van der Waals surface area contributed by atoms with Crippen molar-refractivity contribution in [2.75, 3.05) is 9.80 Å². The average Bonchev–Trinajstić information content (AvgIpc) is 1.52. The van der Waals surface area contributed by atoms with Crippen LogP contribution in [0.25, 0.3) is 82.9 Å². The second-order valence-electron chi connectivity index (χ2n) is 28.3. The molecule has 0 unspecified atom stereocenters. The Morgan fingerprint density at radius 1 is 0.539 bits per heavy atom. The van der Waals surface area contributed by atoms with Crippen LogP contribution in [0.4, 0.5) is 22.7 Å². The van der Waals surface area contributed by atoms with Gasteiger partial charge in [0.05, 0.1) is 6.85 Å². The summed E-state index contributed by atoms with van der Waals surface area (Å²) in [5.74, 6) is 1.71. The first-order chi connectivity index (χ1) is 44.0. The Bertz CT molecular complexity index is 4900. The summed E-state index contributed by atoms with van der Waals surface area (Å²) in [6.07, 6.45) is 3.87. The molecule has 4 heterocycles. The molecule has 0 saturated heterocycles. The summed E-state index contributed by atoms with van der Waals surface area (Å²) in [6.45, 7) is 35.8. The van der Waals surface area contributed by atoms with Gasteiger partial charge in [-0.25, -0.2) is 4.98 Å². The van der Waals surface area contributed by atoms with E-state index in [1.54, 1.807) is 0 Å². The van der Waals surface area contributed by atoms with Gasteiger partial charge in [-0.3, -0.25) is 0 Å². The normalized spacial score (nSPS) is 14.0. The van der Waals surface area contributed by atoms with Crippen molar-refractivity contribution in [2.24, 2.45) is 0 Å². The van der Waals surface area contributed by atoms with E-state index < -0.39 is 18.1 Å². The number of nitrogens with zero attached hydrogens (tertiary/aromatic N) is 4. The minimum atomic E-state index is -0.447. The van der Waals surface area contributed by atoms with Gasteiger partial charge in [0, 0.05) is 83.2 Å². The Labute approximate surface area is 548 Å².